The molecule has 19 heavy (non-hydrogen) atoms. The van der Waals surface area contributed by atoms with Crippen molar-refractivity contribution in [1.29, 1.82) is 0 Å². The van der Waals surface area contributed by atoms with Gasteiger partial charge in [-0.05, 0) is 56.5 Å². The molecule has 2 aromatic rings. The summed E-state index contributed by atoms with van der Waals surface area (Å²) in [6, 6.07) is 18.5. The highest BCUT2D eigenvalue weighted by atomic mass is 15.0. The molecule has 0 aliphatic rings. The third-order valence-corrected chi connectivity index (χ3v) is 3.27. The van der Waals surface area contributed by atoms with Crippen LogP contribution in [0.15, 0.2) is 54.6 Å². The number of anilines is 2. The molecule has 0 unspecified atom stereocenters. The minimum Gasteiger partial charge on any atom is -0.399 e. The van der Waals surface area contributed by atoms with Gasteiger partial charge in [0, 0.05) is 16.9 Å². The molecule has 0 radical (unpaired) electrons. The second-order valence-electron chi connectivity index (χ2n) is 5.62. The lowest BCUT2D eigenvalue weighted by atomic mass is 9.95. The zero-order valence-corrected chi connectivity index (χ0v) is 11.7. The molecule has 0 atom stereocenters. The quantitative estimate of drug-likeness (QED) is 0.789. The van der Waals surface area contributed by atoms with Crippen molar-refractivity contribution in [2.24, 2.45) is 0 Å². The van der Waals surface area contributed by atoms with Crippen LogP contribution in [0.5, 0.6) is 0 Å². The summed E-state index contributed by atoms with van der Waals surface area (Å²) >= 11 is 0. The van der Waals surface area contributed by atoms with Crippen molar-refractivity contribution in [2.45, 2.75) is 32.2 Å². The van der Waals surface area contributed by atoms with Crippen molar-refractivity contribution in [3.8, 4) is 0 Å². The van der Waals surface area contributed by atoms with Crippen LogP contribution >= 0.6 is 0 Å². The van der Waals surface area contributed by atoms with Gasteiger partial charge in [-0.2, -0.15) is 0 Å². The standard InChI is InChI=1S/C17H22N2/c1-17(2,13-12-14-6-4-3-5-7-14)19-16-10-8-15(18)9-11-16/h3-11,19H,12-13,18H2,1-2H3. The van der Waals surface area contributed by atoms with E-state index >= 15 is 0 Å². The fourth-order valence-electron chi connectivity index (χ4n) is 2.12. The lowest BCUT2D eigenvalue weighted by molar-refractivity contribution is 0.518. The lowest BCUT2D eigenvalue weighted by Gasteiger charge is -2.28. The Morgan fingerprint density at radius 3 is 2.21 bits per heavy atom. The Morgan fingerprint density at radius 1 is 0.947 bits per heavy atom. The highest BCUT2D eigenvalue weighted by molar-refractivity contribution is 5.52. The summed E-state index contributed by atoms with van der Waals surface area (Å²) < 4.78 is 0. The second kappa shape index (κ2) is 5.79. The highest BCUT2D eigenvalue weighted by Gasteiger charge is 2.16. The van der Waals surface area contributed by atoms with Crippen LogP contribution in [0.25, 0.3) is 0 Å². The maximum Gasteiger partial charge on any atom is 0.0345 e. The predicted molar refractivity (Wildman–Crippen MR) is 83.3 cm³/mol. The first-order valence-corrected chi connectivity index (χ1v) is 6.73. The maximum atomic E-state index is 5.70. The summed E-state index contributed by atoms with van der Waals surface area (Å²) in [6.07, 6.45) is 2.16. The number of hydrogen-bond donors (Lipinski definition) is 2. The smallest absolute Gasteiger partial charge is 0.0345 e. The van der Waals surface area contributed by atoms with Crippen molar-refractivity contribution in [3.05, 3.63) is 60.2 Å². The SMILES string of the molecule is CC(C)(CCc1ccccc1)Nc1ccc(N)cc1. The molecule has 2 nitrogen and oxygen atoms in total. The van der Waals surface area contributed by atoms with Gasteiger partial charge >= 0.3 is 0 Å². The molecule has 0 aliphatic heterocycles. The van der Waals surface area contributed by atoms with E-state index in [1.54, 1.807) is 0 Å². The number of aryl methyl sites for hydroxylation is 1. The Labute approximate surface area is 115 Å². The number of nitrogens with one attached hydrogen (secondary N) is 1. The molecule has 2 heteroatoms. The Morgan fingerprint density at radius 2 is 1.58 bits per heavy atom. The van der Waals surface area contributed by atoms with Gasteiger partial charge in [0.05, 0.1) is 0 Å². The molecule has 2 rings (SSSR count). The second-order valence-corrected chi connectivity index (χ2v) is 5.62. The topological polar surface area (TPSA) is 38.0 Å². The zero-order valence-electron chi connectivity index (χ0n) is 11.7. The van der Waals surface area contributed by atoms with Crippen LogP contribution in [0.1, 0.15) is 25.8 Å². The summed E-state index contributed by atoms with van der Waals surface area (Å²) in [6.45, 7) is 4.46. The monoisotopic (exact) mass is 254 g/mol. The lowest BCUT2D eigenvalue weighted by Crippen LogP contribution is -2.31. The molecule has 0 aliphatic carbocycles. The number of benzene rings is 2. The van der Waals surface area contributed by atoms with Gasteiger partial charge in [0.2, 0.25) is 0 Å². The van der Waals surface area contributed by atoms with Gasteiger partial charge in [-0.25, -0.2) is 0 Å². The van der Waals surface area contributed by atoms with Crippen molar-refractivity contribution >= 4 is 11.4 Å². The van der Waals surface area contributed by atoms with Crippen LogP contribution in [-0.4, -0.2) is 5.54 Å². The molecule has 0 heterocycles. The summed E-state index contributed by atoms with van der Waals surface area (Å²) in [7, 11) is 0. The Hall–Kier alpha value is -1.96. The molecule has 2 aromatic carbocycles. The van der Waals surface area contributed by atoms with E-state index in [1.165, 1.54) is 5.56 Å². The first kappa shape index (κ1) is 13.5. The predicted octanol–water partition coefficient (Wildman–Crippen LogP) is 4.09. The molecule has 0 spiro atoms. The summed E-state index contributed by atoms with van der Waals surface area (Å²) in [5.41, 5.74) is 9.06. The molecular formula is C17H22N2. The Bertz CT molecular complexity index is 501. The van der Waals surface area contributed by atoms with Crippen molar-refractivity contribution in [1.82, 2.24) is 0 Å². The van der Waals surface area contributed by atoms with E-state index < -0.39 is 0 Å². The van der Waals surface area contributed by atoms with E-state index in [1.807, 2.05) is 24.3 Å². The largest absolute Gasteiger partial charge is 0.399 e. The van der Waals surface area contributed by atoms with E-state index in [0.717, 1.165) is 24.2 Å². The van der Waals surface area contributed by atoms with Gasteiger partial charge in [-0.15, -0.1) is 0 Å². The minimum atomic E-state index is 0.0615. The van der Waals surface area contributed by atoms with Crippen molar-refractivity contribution in [2.75, 3.05) is 11.1 Å². The summed E-state index contributed by atoms with van der Waals surface area (Å²) in [4.78, 5) is 0. The number of nitrogen functional groups attached to an aromatic ring is 1. The third kappa shape index (κ3) is 4.32. The molecule has 0 saturated carbocycles. The van der Waals surface area contributed by atoms with Gasteiger partial charge in [-0.1, -0.05) is 30.3 Å². The first-order valence-electron chi connectivity index (χ1n) is 6.73. The Kier molecular flexibility index (Phi) is 4.10. The van der Waals surface area contributed by atoms with Crippen molar-refractivity contribution < 1.29 is 0 Å². The third-order valence-electron chi connectivity index (χ3n) is 3.27. The van der Waals surface area contributed by atoms with Crippen LogP contribution in [-0.2, 0) is 6.42 Å². The molecular weight excluding hydrogens is 232 g/mol. The molecule has 0 aromatic heterocycles. The number of nitrogens with two attached hydrogens (primary N) is 1. The fourth-order valence-corrected chi connectivity index (χ4v) is 2.12. The number of rotatable bonds is 5. The van der Waals surface area contributed by atoms with E-state index in [-0.39, 0.29) is 5.54 Å². The molecule has 0 amide bonds. The fraction of sp³-hybridized carbons (Fsp3) is 0.294. The van der Waals surface area contributed by atoms with E-state index in [9.17, 15) is 0 Å². The number of hydrogen-bond acceptors (Lipinski definition) is 2. The van der Waals surface area contributed by atoms with E-state index in [4.69, 9.17) is 5.73 Å². The Balaban J connectivity index is 1.93. The maximum absolute atomic E-state index is 5.70. The molecule has 0 saturated heterocycles. The van der Waals surface area contributed by atoms with Gasteiger partial charge in [0.15, 0.2) is 0 Å². The van der Waals surface area contributed by atoms with Crippen LogP contribution < -0.4 is 11.1 Å². The highest BCUT2D eigenvalue weighted by Crippen LogP contribution is 2.21. The van der Waals surface area contributed by atoms with E-state index in [2.05, 4.69) is 49.5 Å². The van der Waals surface area contributed by atoms with Crippen LogP contribution in [0, 0.1) is 0 Å². The summed E-state index contributed by atoms with van der Waals surface area (Å²) in [5, 5.41) is 3.56. The average molecular weight is 254 g/mol. The molecule has 100 valence electrons. The van der Waals surface area contributed by atoms with Crippen LogP contribution in [0.3, 0.4) is 0 Å². The molecule has 0 bridgehead atoms. The molecule has 0 fully saturated rings. The van der Waals surface area contributed by atoms with Crippen molar-refractivity contribution in [3.63, 3.8) is 0 Å². The van der Waals surface area contributed by atoms with Crippen LogP contribution in [0.4, 0.5) is 11.4 Å². The first-order chi connectivity index (χ1) is 9.05. The normalized spacial score (nSPS) is 11.3. The van der Waals surface area contributed by atoms with Gasteiger partial charge in [-0.3, -0.25) is 0 Å². The minimum absolute atomic E-state index is 0.0615. The zero-order chi connectivity index (χ0) is 13.7. The molecule has 3 N–H and O–H groups in total. The van der Waals surface area contributed by atoms with Gasteiger partial charge in [0.1, 0.15) is 0 Å². The van der Waals surface area contributed by atoms with Crippen LogP contribution in [0.2, 0.25) is 0 Å². The van der Waals surface area contributed by atoms with Gasteiger partial charge in [0.25, 0.3) is 0 Å². The van der Waals surface area contributed by atoms with Gasteiger partial charge < -0.3 is 11.1 Å². The summed E-state index contributed by atoms with van der Waals surface area (Å²) in [5.74, 6) is 0. The van der Waals surface area contributed by atoms with E-state index in [0.29, 0.717) is 0 Å². The average Bonchev–Trinajstić information content (AvgIpc) is 2.40.